The number of aromatic nitrogens is 2. The molecule has 0 saturated heterocycles. The molecule has 1 rings (SSSR count). The Hall–Kier alpha value is -1.00. The fourth-order valence-corrected chi connectivity index (χ4v) is 0.667. The van der Waals surface area contributed by atoms with E-state index in [1.807, 2.05) is 6.07 Å². The molecule has 0 fully saturated rings. The van der Waals surface area contributed by atoms with Crippen molar-refractivity contribution >= 4 is 0 Å². The van der Waals surface area contributed by atoms with Crippen molar-refractivity contribution in [1.82, 2.24) is 15.0 Å². The van der Waals surface area contributed by atoms with Crippen LogP contribution in [0.25, 0.3) is 0 Å². The molecule has 54 valence electrons. The first kappa shape index (κ1) is 7.11. The first-order chi connectivity index (χ1) is 4.79. The Morgan fingerprint density at radius 1 is 1.70 bits per heavy atom. The second kappa shape index (κ2) is 3.24. The van der Waals surface area contributed by atoms with Gasteiger partial charge < -0.3 is 0 Å². The maximum Gasteiger partial charge on any atom is 0.115 e. The number of hydrogen-bond donors (Lipinski definition) is 1. The summed E-state index contributed by atoms with van der Waals surface area (Å²) in [5.41, 5.74) is 0.931. The normalized spacial score (nSPS) is 10.3. The third-order valence-electron chi connectivity index (χ3n) is 1.05. The van der Waals surface area contributed by atoms with Gasteiger partial charge in [0.2, 0.25) is 0 Å². The van der Waals surface area contributed by atoms with Crippen molar-refractivity contribution in [3.05, 3.63) is 24.3 Å². The summed E-state index contributed by atoms with van der Waals surface area (Å²) >= 11 is 0. The van der Waals surface area contributed by atoms with Crippen LogP contribution in [0.5, 0.6) is 0 Å². The van der Waals surface area contributed by atoms with E-state index in [4.69, 9.17) is 5.84 Å². The van der Waals surface area contributed by atoms with Crippen LogP contribution in [0, 0.1) is 0 Å². The molecule has 1 aromatic heterocycles. The number of nitrogens with zero attached hydrogens (tertiary/aromatic N) is 3. The Kier molecular flexibility index (Phi) is 2.30. The van der Waals surface area contributed by atoms with Gasteiger partial charge in [-0.15, -0.1) is 0 Å². The van der Waals surface area contributed by atoms with Gasteiger partial charge in [0.15, 0.2) is 0 Å². The Bertz CT molecular complexity index is 184. The van der Waals surface area contributed by atoms with E-state index < -0.39 is 0 Å². The largest absolute Gasteiger partial charge is 0.269 e. The van der Waals surface area contributed by atoms with Gasteiger partial charge in [0.05, 0.1) is 12.2 Å². The monoisotopic (exact) mass is 138 g/mol. The SMILES string of the molecule is CN(N)Cc1ccncn1. The van der Waals surface area contributed by atoms with Gasteiger partial charge in [-0.05, 0) is 6.07 Å². The van der Waals surface area contributed by atoms with Crippen LogP contribution in [-0.4, -0.2) is 22.0 Å². The van der Waals surface area contributed by atoms with Crippen molar-refractivity contribution in [1.29, 1.82) is 0 Å². The lowest BCUT2D eigenvalue weighted by Gasteiger charge is -2.06. The van der Waals surface area contributed by atoms with E-state index in [9.17, 15) is 0 Å². The van der Waals surface area contributed by atoms with Crippen LogP contribution < -0.4 is 5.84 Å². The second-order valence-electron chi connectivity index (χ2n) is 2.12. The van der Waals surface area contributed by atoms with Crippen LogP contribution >= 0.6 is 0 Å². The zero-order valence-electron chi connectivity index (χ0n) is 5.86. The third kappa shape index (κ3) is 2.08. The molecule has 0 aliphatic carbocycles. The zero-order valence-corrected chi connectivity index (χ0v) is 5.86. The molecule has 0 aromatic carbocycles. The van der Waals surface area contributed by atoms with Crippen LogP contribution in [0.2, 0.25) is 0 Å². The highest BCUT2D eigenvalue weighted by molar-refractivity contribution is 4.96. The van der Waals surface area contributed by atoms with Crippen molar-refractivity contribution in [2.45, 2.75) is 6.54 Å². The molecule has 4 heteroatoms. The number of nitrogens with two attached hydrogens (primary N) is 1. The van der Waals surface area contributed by atoms with Crippen molar-refractivity contribution in [2.75, 3.05) is 7.05 Å². The minimum Gasteiger partial charge on any atom is -0.269 e. The Morgan fingerprint density at radius 2 is 2.50 bits per heavy atom. The van der Waals surface area contributed by atoms with Crippen LogP contribution in [0.15, 0.2) is 18.6 Å². The van der Waals surface area contributed by atoms with Gasteiger partial charge >= 0.3 is 0 Å². The van der Waals surface area contributed by atoms with E-state index >= 15 is 0 Å². The molecule has 1 heterocycles. The molecule has 2 N–H and O–H groups in total. The fourth-order valence-electron chi connectivity index (χ4n) is 0.667. The first-order valence-electron chi connectivity index (χ1n) is 3.00. The quantitative estimate of drug-likeness (QED) is 0.453. The van der Waals surface area contributed by atoms with Gasteiger partial charge in [0, 0.05) is 13.2 Å². The van der Waals surface area contributed by atoms with E-state index in [1.54, 1.807) is 18.3 Å². The van der Waals surface area contributed by atoms with Crippen LogP contribution in [0.1, 0.15) is 5.69 Å². The molecule has 0 spiro atoms. The predicted octanol–water partition coefficient (Wildman–Crippen LogP) is -0.218. The van der Waals surface area contributed by atoms with Gasteiger partial charge in [-0.1, -0.05) is 0 Å². The lowest BCUT2D eigenvalue weighted by Crippen LogP contribution is -2.25. The van der Waals surface area contributed by atoms with E-state index in [-0.39, 0.29) is 0 Å². The molecule has 0 atom stereocenters. The topological polar surface area (TPSA) is 55.0 Å². The molecule has 0 radical (unpaired) electrons. The zero-order chi connectivity index (χ0) is 7.40. The van der Waals surface area contributed by atoms with E-state index in [0.717, 1.165) is 5.69 Å². The summed E-state index contributed by atoms with van der Waals surface area (Å²) < 4.78 is 0. The summed E-state index contributed by atoms with van der Waals surface area (Å²) in [5.74, 6) is 5.40. The maximum atomic E-state index is 5.40. The van der Waals surface area contributed by atoms with Crippen molar-refractivity contribution in [3.63, 3.8) is 0 Å². The van der Waals surface area contributed by atoms with E-state index in [1.165, 1.54) is 6.33 Å². The standard InChI is InChI=1S/C6H10N4/c1-10(7)4-6-2-3-8-5-9-6/h2-3,5H,4,7H2,1H3. The van der Waals surface area contributed by atoms with Gasteiger partial charge in [0.25, 0.3) is 0 Å². The van der Waals surface area contributed by atoms with Gasteiger partial charge in [-0.25, -0.2) is 15.0 Å². The Balaban J connectivity index is 2.59. The lowest BCUT2D eigenvalue weighted by atomic mass is 10.4. The highest BCUT2D eigenvalue weighted by Crippen LogP contribution is 1.91. The summed E-state index contributed by atoms with van der Waals surface area (Å²) in [4.78, 5) is 7.77. The summed E-state index contributed by atoms with van der Waals surface area (Å²) in [5, 5.41) is 1.57. The number of rotatable bonds is 2. The molecule has 0 saturated carbocycles. The van der Waals surface area contributed by atoms with Crippen molar-refractivity contribution in [3.8, 4) is 0 Å². The molecule has 1 aromatic rings. The molecule has 0 aliphatic heterocycles. The van der Waals surface area contributed by atoms with Crippen LogP contribution in [0.4, 0.5) is 0 Å². The minimum absolute atomic E-state index is 0.655. The molecule has 0 amide bonds. The third-order valence-corrected chi connectivity index (χ3v) is 1.05. The second-order valence-corrected chi connectivity index (χ2v) is 2.12. The minimum atomic E-state index is 0.655. The van der Waals surface area contributed by atoms with Crippen molar-refractivity contribution < 1.29 is 0 Å². The lowest BCUT2D eigenvalue weighted by molar-refractivity contribution is 0.337. The Labute approximate surface area is 59.7 Å². The van der Waals surface area contributed by atoms with E-state index in [0.29, 0.717) is 6.54 Å². The maximum absolute atomic E-state index is 5.40. The van der Waals surface area contributed by atoms with E-state index in [2.05, 4.69) is 9.97 Å². The summed E-state index contributed by atoms with van der Waals surface area (Å²) in [7, 11) is 1.79. The Morgan fingerprint density at radius 3 is 3.00 bits per heavy atom. The first-order valence-corrected chi connectivity index (χ1v) is 3.00. The molecule has 4 nitrogen and oxygen atoms in total. The molecule has 0 unspecified atom stereocenters. The number of hydrogen-bond acceptors (Lipinski definition) is 4. The van der Waals surface area contributed by atoms with Gasteiger partial charge in [0.1, 0.15) is 6.33 Å². The highest BCUT2D eigenvalue weighted by atomic mass is 15.4. The summed E-state index contributed by atoms with van der Waals surface area (Å²) in [6, 6.07) is 1.84. The van der Waals surface area contributed by atoms with Gasteiger partial charge in [-0.3, -0.25) is 5.84 Å². The van der Waals surface area contributed by atoms with Crippen LogP contribution in [0.3, 0.4) is 0 Å². The summed E-state index contributed by atoms with van der Waals surface area (Å²) in [6.07, 6.45) is 3.21. The highest BCUT2D eigenvalue weighted by Gasteiger charge is 1.93. The number of hydrazine groups is 1. The van der Waals surface area contributed by atoms with Crippen LogP contribution in [-0.2, 0) is 6.54 Å². The smallest absolute Gasteiger partial charge is 0.115 e. The van der Waals surface area contributed by atoms with Crippen molar-refractivity contribution in [2.24, 2.45) is 5.84 Å². The fraction of sp³-hybridized carbons (Fsp3) is 0.333. The average Bonchev–Trinajstić information content (AvgIpc) is 1.88. The predicted molar refractivity (Wildman–Crippen MR) is 37.7 cm³/mol. The van der Waals surface area contributed by atoms with Gasteiger partial charge in [-0.2, -0.15) is 0 Å². The molecule has 0 aliphatic rings. The molecular formula is C6H10N4. The molecule has 10 heavy (non-hydrogen) atoms. The summed E-state index contributed by atoms with van der Waals surface area (Å²) in [6.45, 7) is 0.655. The average molecular weight is 138 g/mol. The molecule has 0 bridgehead atoms. The molecular weight excluding hydrogens is 128 g/mol.